The van der Waals surface area contributed by atoms with Crippen LogP contribution in [0.5, 0.6) is 0 Å². The molecule has 0 bridgehead atoms. The van der Waals surface area contributed by atoms with Crippen molar-refractivity contribution in [1.82, 2.24) is 10.6 Å². The molecule has 4 nitrogen and oxygen atoms in total. The molecule has 1 aromatic rings. The van der Waals surface area contributed by atoms with Crippen LogP contribution >= 0.6 is 12.4 Å². The minimum atomic E-state index is -0.0354. The molecule has 2 unspecified atom stereocenters. The molecule has 0 aliphatic carbocycles. The molecule has 0 radical (unpaired) electrons. The Morgan fingerprint density at radius 3 is 2.94 bits per heavy atom. The van der Waals surface area contributed by atoms with E-state index in [0.717, 1.165) is 19.4 Å². The Morgan fingerprint density at radius 2 is 2.35 bits per heavy atom. The zero-order valence-corrected chi connectivity index (χ0v) is 11.0. The summed E-state index contributed by atoms with van der Waals surface area (Å²) in [5.41, 5.74) is 0.637. The van der Waals surface area contributed by atoms with Crippen LogP contribution in [0.1, 0.15) is 35.9 Å². The molecule has 0 spiro atoms. The molecule has 2 rings (SSSR count). The first-order valence-electron chi connectivity index (χ1n) is 5.77. The number of aryl methyl sites for hydroxylation is 1. The van der Waals surface area contributed by atoms with Gasteiger partial charge >= 0.3 is 0 Å². The third kappa shape index (κ3) is 3.23. The lowest BCUT2D eigenvalue weighted by Gasteiger charge is -2.30. The van der Waals surface area contributed by atoms with E-state index < -0.39 is 0 Å². The summed E-state index contributed by atoms with van der Waals surface area (Å²) in [4.78, 5) is 11.9. The van der Waals surface area contributed by atoms with Crippen molar-refractivity contribution in [1.29, 1.82) is 0 Å². The molecule has 1 aromatic heterocycles. The summed E-state index contributed by atoms with van der Waals surface area (Å²) in [7, 11) is 0. The standard InChI is InChI=1S/C12H18N2O2.ClH/c1-8-11(4-3-6-13-8)14-12(15)10-5-7-16-9(10)2;/h5,7-8,11,13H,3-4,6H2,1-2H3,(H,14,15);1H. The molecule has 2 heterocycles. The predicted octanol–water partition coefficient (Wildman–Crippen LogP) is 1.88. The van der Waals surface area contributed by atoms with Gasteiger partial charge in [0, 0.05) is 12.1 Å². The van der Waals surface area contributed by atoms with Gasteiger partial charge < -0.3 is 15.1 Å². The number of hydrogen-bond acceptors (Lipinski definition) is 3. The number of carbonyl (C=O) groups excluding carboxylic acids is 1. The predicted molar refractivity (Wildman–Crippen MR) is 68.6 cm³/mol. The Labute approximate surface area is 108 Å². The van der Waals surface area contributed by atoms with Crippen LogP contribution < -0.4 is 10.6 Å². The summed E-state index contributed by atoms with van der Waals surface area (Å²) >= 11 is 0. The molecule has 2 N–H and O–H groups in total. The second-order valence-electron chi connectivity index (χ2n) is 4.36. The van der Waals surface area contributed by atoms with Crippen molar-refractivity contribution < 1.29 is 9.21 Å². The first-order chi connectivity index (χ1) is 7.68. The second-order valence-corrected chi connectivity index (χ2v) is 4.36. The summed E-state index contributed by atoms with van der Waals surface area (Å²) in [5, 5.41) is 6.41. The highest BCUT2D eigenvalue weighted by Gasteiger charge is 2.23. The average Bonchev–Trinajstić information content (AvgIpc) is 2.68. The summed E-state index contributed by atoms with van der Waals surface area (Å²) in [6.45, 7) is 4.95. The molecule has 1 aliphatic heterocycles. The SMILES string of the molecule is Cc1occc1C(=O)NC1CCCNC1C.Cl. The van der Waals surface area contributed by atoms with Gasteiger partial charge in [0.1, 0.15) is 5.76 Å². The maximum atomic E-state index is 11.9. The summed E-state index contributed by atoms with van der Waals surface area (Å²) in [6, 6.07) is 2.27. The van der Waals surface area contributed by atoms with Crippen molar-refractivity contribution in [3.8, 4) is 0 Å². The number of rotatable bonds is 2. The Hall–Kier alpha value is -1.00. The number of furan rings is 1. The van der Waals surface area contributed by atoms with Gasteiger partial charge in [-0.05, 0) is 39.3 Å². The summed E-state index contributed by atoms with van der Waals surface area (Å²) < 4.78 is 5.13. The van der Waals surface area contributed by atoms with E-state index in [1.54, 1.807) is 19.3 Å². The topological polar surface area (TPSA) is 54.3 Å². The lowest BCUT2D eigenvalue weighted by Crippen LogP contribution is -2.51. The van der Waals surface area contributed by atoms with E-state index >= 15 is 0 Å². The molecule has 1 saturated heterocycles. The van der Waals surface area contributed by atoms with E-state index in [1.165, 1.54) is 0 Å². The van der Waals surface area contributed by atoms with Crippen LogP contribution in [0.4, 0.5) is 0 Å². The zero-order chi connectivity index (χ0) is 11.5. The van der Waals surface area contributed by atoms with Crippen LogP contribution in [0.15, 0.2) is 16.7 Å². The van der Waals surface area contributed by atoms with Gasteiger partial charge in [-0.1, -0.05) is 0 Å². The fraction of sp³-hybridized carbons (Fsp3) is 0.583. The van der Waals surface area contributed by atoms with Crippen molar-refractivity contribution in [2.75, 3.05) is 6.54 Å². The van der Waals surface area contributed by atoms with Crippen LogP contribution in [-0.2, 0) is 0 Å². The molecule has 5 heteroatoms. The van der Waals surface area contributed by atoms with Crippen molar-refractivity contribution in [2.45, 2.75) is 38.8 Å². The number of carbonyl (C=O) groups is 1. The molecule has 1 amide bonds. The molecule has 0 saturated carbocycles. The highest BCUT2D eigenvalue weighted by Crippen LogP contribution is 2.12. The Morgan fingerprint density at radius 1 is 1.59 bits per heavy atom. The minimum absolute atomic E-state index is 0. The molecular formula is C12H19ClN2O2. The van der Waals surface area contributed by atoms with E-state index in [1.807, 2.05) is 0 Å². The van der Waals surface area contributed by atoms with Crippen molar-refractivity contribution in [3.05, 3.63) is 23.7 Å². The fourth-order valence-electron chi connectivity index (χ4n) is 2.11. The van der Waals surface area contributed by atoms with E-state index in [9.17, 15) is 4.79 Å². The van der Waals surface area contributed by atoms with Crippen LogP contribution in [0.3, 0.4) is 0 Å². The maximum absolute atomic E-state index is 11.9. The van der Waals surface area contributed by atoms with Crippen LogP contribution in [0.2, 0.25) is 0 Å². The van der Waals surface area contributed by atoms with Gasteiger partial charge in [-0.3, -0.25) is 4.79 Å². The van der Waals surface area contributed by atoms with E-state index in [-0.39, 0.29) is 24.4 Å². The first kappa shape index (κ1) is 14.1. The highest BCUT2D eigenvalue weighted by atomic mass is 35.5. The number of nitrogens with one attached hydrogen (secondary N) is 2. The van der Waals surface area contributed by atoms with Crippen molar-refractivity contribution in [3.63, 3.8) is 0 Å². The Kier molecular flexibility index (Phi) is 5.02. The van der Waals surface area contributed by atoms with Crippen LogP contribution in [0.25, 0.3) is 0 Å². The fourth-order valence-corrected chi connectivity index (χ4v) is 2.11. The van der Waals surface area contributed by atoms with Crippen molar-refractivity contribution >= 4 is 18.3 Å². The third-order valence-corrected chi connectivity index (χ3v) is 3.18. The monoisotopic (exact) mass is 258 g/mol. The number of hydrogen-bond donors (Lipinski definition) is 2. The van der Waals surface area contributed by atoms with Crippen molar-refractivity contribution in [2.24, 2.45) is 0 Å². The number of amides is 1. The van der Waals surface area contributed by atoms with Gasteiger partial charge in [0.25, 0.3) is 5.91 Å². The molecule has 96 valence electrons. The number of piperidine rings is 1. The lowest BCUT2D eigenvalue weighted by molar-refractivity contribution is 0.0918. The Balaban J connectivity index is 0.00000144. The zero-order valence-electron chi connectivity index (χ0n) is 10.2. The lowest BCUT2D eigenvalue weighted by atomic mass is 9.99. The van der Waals surface area contributed by atoms with Crippen LogP contribution in [0, 0.1) is 6.92 Å². The Bertz CT molecular complexity index is 378. The molecule has 17 heavy (non-hydrogen) atoms. The second kappa shape index (κ2) is 6.07. The van der Waals surface area contributed by atoms with Gasteiger partial charge in [0.2, 0.25) is 0 Å². The molecule has 1 fully saturated rings. The van der Waals surface area contributed by atoms with Gasteiger partial charge in [-0.2, -0.15) is 0 Å². The van der Waals surface area contributed by atoms with E-state index in [4.69, 9.17) is 4.42 Å². The van der Waals surface area contributed by atoms with Gasteiger partial charge in [-0.25, -0.2) is 0 Å². The van der Waals surface area contributed by atoms with Gasteiger partial charge in [0.05, 0.1) is 11.8 Å². The summed E-state index contributed by atoms with van der Waals surface area (Å²) in [6.07, 6.45) is 3.70. The maximum Gasteiger partial charge on any atom is 0.255 e. The largest absolute Gasteiger partial charge is 0.469 e. The molecule has 2 atom stereocenters. The third-order valence-electron chi connectivity index (χ3n) is 3.18. The smallest absolute Gasteiger partial charge is 0.255 e. The summed E-state index contributed by atoms with van der Waals surface area (Å²) in [5.74, 6) is 0.640. The highest BCUT2D eigenvalue weighted by molar-refractivity contribution is 5.95. The average molecular weight is 259 g/mol. The molecule has 0 aromatic carbocycles. The van der Waals surface area contributed by atoms with Gasteiger partial charge in [-0.15, -0.1) is 12.4 Å². The number of halogens is 1. The van der Waals surface area contributed by atoms with Gasteiger partial charge in [0.15, 0.2) is 0 Å². The van der Waals surface area contributed by atoms with E-state index in [0.29, 0.717) is 17.4 Å². The first-order valence-corrected chi connectivity index (χ1v) is 5.77. The normalized spacial score (nSPS) is 23.9. The molecule has 1 aliphatic rings. The quantitative estimate of drug-likeness (QED) is 0.852. The van der Waals surface area contributed by atoms with E-state index in [2.05, 4.69) is 17.6 Å². The molecular weight excluding hydrogens is 240 g/mol. The minimum Gasteiger partial charge on any atom is -0.469 e. The van der Waals surface area contributed by atoms with Crippen LogP contribution in [-0.4, -0.2) is 24.5 Å².